The van der Waals surface area contributed by atoms with E-state index < -0.39 is 0 Å². The van der Waals surface area contributed by atoms with Crippen molar-refractivity contribution in [1.29, 1.82) is 0 Å². The minimum absolute atomic E-state index is 0.858. The van der Waals surface area contributed by atoms with Crippen LogP contribution in [0.3, 0.4) is 0 Å². The van der Waals surface area contributed by atoms with Gasteiger partial charge >= 0.3 is 0 Å². The number of rotatable bonds is 8. The molecule has 0 radical (unpaired) electrons. The summed E-state index contributed by atoms with van der Waals surface area (Å²) in [6, 6.07) is 12.1. The molecule has 3 aromatic rings. The zero-order chi connectivity index (χ0) is 16.9. The van der Waals surface area contributed by atoms with Crippen LogP contribution >= 0.6 is 0 Å². The van der Waals surface area contributed by atoms with Gasteiger partial charge in [-0.25, -0.2) is 0 Å². The lowest BCUT2D eigenvalue weighted by atomic mass is 10.1. The average Bonchev–Trinajstić information content (AvgIpc) is 3.00. The van der Waals surface area contributed by atoms with Gasteiger partial charge in [0.1, 0.15) is 16.9 Å². The van der Waals surface area contributed by atoms with Crippen LogP contribution in [0.4, 0.5) is 5.69 Å². The lowest BCUT2D eigenvalue weighted by molar-refractivity contribution is 0.303. The third kappa shape index (κ3) is 3.20. The van der Waals surface area contributed by atoms with E-state index in [4.69, 9.17) is 9.15 Å². The number of ether oxygens (including phenoxy) is 1. The first-order valence-electron chi connectivity index (χ1n) is 8.73. The van der Waals surface area contributed by atoms with Gasteiger partial charge in [0.15, 0.2) is 0 Å². The SMILES string of the molecule is CCN(CC)CCCNc1c(OC)ccc2oc3ccccc3c12. The Hall–Kier alpha value is -2.20. The molecule has 0 aliphatic carbocycles. The van der Waals surface area contributed by atoms with Gasteiger partial charge < -0.3 is 19.4 Å². The predicted octanol–water partition coefficient (Wildman–Crippen LogP) is 4.74. The highest BCUT2D eigenvalue weighted by molar-refractivity contribution is 6.12. The Bertz CT molecular complexity index is 806. The molecule has 24 heavy (non-hydrogen) atoms. The van der Waals surface area contributed by atoms with Crippen molar-refractivity contribution in [2.45, 2.75) is 20.3 Å². The van der Waals surface area contributed by atoms with Gasteiger partial charge in [-0.1, -0.05) is 32.0 Å². The molecule has 1 aromatic heterocycles. The molecule has 0 aliphatic heterocycles. The minimum Gasteiger partial charge on any atom is -0.495 e. The van der Waals surface area contributed by atoms with Crippen molar-refractivity contribution in [2.75, 3.05) is 38.6 Å². The largest absolute Gasteiger partial charge is 0.495 e. The number of furan rings is 1. The topological polar surface area (TPSA) is 37.6 Å². The van der Waals surface area contributed by atoms with Crippen molar-refractivity contribution in [3.63, 3.8) is 0 Å². The van der Waals surface area contributed by atoms with Crippen molar-refractivity contribution in [2.24, 2.45) is 0 Å². The molecule has 0 bridgehead atoms. The van der Waals surface area contributed by atoms with Crippen molar-refractivity contribution >= 4 is 27.6 Å². The maximum Gasteiger partial charge on any atom is 0.142 e. The lowest BCUT2D eigenvalue weighted by Gasteiger charge is -2.18. The fourth-order valence-corrected chi connectivity index (χ4v) is 3.20. The van der Waals surface area contributed by atoms with Crippen LogP contribution < -0.4 is 10.1 Å². The quantitative estimate of drug-likeness (QED) is 0.607. The fraction of sp³-hybridized carbons (Fsp3) is 0.400. The van der Waals surface area contributed by atoms with E-state index >= 15 is 0 Å². The zero-order valence-corrected chi connectivity index (χ0v) is 14.8. The van der Waals surface area contributed by atoms with Gasteiger partial charge in [0.2, 0.25) is 0 Å². The first-order valence-corrected chi connectivity index (χ1v) is 8.73. The molecule has 0 saturated carbocycles. The second kappa shape index (κ2) is 7.58. The normalized spacial score (nSPS) is 11.5. The van der Waals surface area contributed by atoms with Gasteiger partial charge in [0.05, 0.1) is 18.2 Å². The van der Waals surface area contributed by atoms with E-state index in [-0.39, 0.29) is 0 Å². The fourth-order valence-electron chi connectivity index (χ4n) is 3.20. The Morgan fingerprint density at radius 1 is 1.04 bits per heavy atom. The number of nitrogens with zero attached hydrogens (tertiary/aromatic N) is 1. The van der Waals surface area contributed by atoms with Crippen molar-refractivity contribution < 1.29 is 9.15 Å². The molecule has 0 spiro atoms. The predicted molar refractivity (Wildman–Crippen MR) is 101 cm³/mol. The number of para-hydroxylation sites is 1. The Labute approximate surface area is 143 Å². The molecular weight excluding hydrogens is 300 g/mol. The third-order valence-corrected chi connectivity index (χ3v) is 4.57. The summed E-state index contributed by atoms with van der Waals surface area (Å²) in [6.45, 7) is 8.62. The van der Waals surface area contributed by atoms with Crippen molar-refractivity contribution in [1.82, 2.24) is 4.90 Å². The van der Waals surface area contributed by atoms with Crippen LogP contribution in [-0.4, -0.2) is 38.2 Å². The molecule has 0 atom stereocenters. The summed E-state index contributed by atoms with van der Waals surface area (Å²) in [5.41, 5.74) is 2.83. The lowest BCUT2D eigenvalue weighted by Crippen LogP contribution is -2.25. The number of methoxy groups -OCH3 is 1. The van der Waals surface area contributed by atoms with E-state index in [1.165, 1.54) is 0 Å². The van der Waals surface area contributed by atoms with Crippen LogP contribution in [0.25, 0.3) is 21.9 Å². The summed E-state index contributed by atoms with van der Waals surface area (Å²) in [6.07, 6.45) is 1.09. The second-order valence-corrected chi connectivity index (χ2v) is 5.92. The van der Waals surface area contributed by atoms with Gasteiger partial charge in [0, 0.05) is 11.9 Å². The summed E-state index contributed by atoms with van der Waals surface area (Å²) in [4.78, 5) is 2.44. The highest BCUT2D eigenvalue weighted by Crippen LogP contribution is 2.39. The molecule has 3 rings (SSSR count). The number of hydrogen-bond acceptors (Lipinski definition) is 4. The molecule has 2 aromatic carbocycles. The van der Waals surface area contributed by atoms with Crippen molar-refractivity contribution in [3.05, 3.63) is 36.4 Å². The number of anilines is 1. The number of fused-ring (bicyclic) bond motifs is 3. The average molecular weight is 326 g/mol. The standard InChI is InChI=1S/C20H26N2O2/c1-4-22(5-2)14-8-13-21-20-18(23-3)12-11-17-19(20)15-9-6-7-10-16(15)24-17/h6-7,9-12,21H,4-5,8,13-14H2,1-3H3. The Morgan fingerprint density at radius 2 is 1.83 bits per heavy atom. The van der Waals surface area contributed by atoms with E-state index in [1.807, 2.05) is 30.3 Å². The molecule has 0 saturated heterocycles. The molecule has 4 nitrogen and oxygen atoms in total. The molecular formula is C20H26N2O2. The summed E-state index contributed by atoms with van der Waals surface area (Å²) in [5, 5.41) is 5.80. The summed E-state index contributed by atoms with van der Waals surface area (Å²) in [5.74, 6) is 0.858. The maximum absolute atomic E-state index is 5.97. The van der Waals surface area contributed by atoms with Crippen LogP contribution in [0.2, 0.25) is 0 Å². The number of benzene rings is 2. The van der Waals surface area contributed by atoms with E-state index in [0.717, 1.165) is 66.0 Å². The molecule has 128 valence electrons. The van der Waals surface area contributed by atoms with E-state index in [9.17, 15) is 0 Å². The molecule has 1 heterocycles. The Kier molecular flexibility index (Phi) is 5.26. The van der Waals surface area contributed by atoms with Crippen LogP contribution in [0.1, 0.15) is 20.3 Å². The third-order valence-electron chi connectivity index (χ3n) is 4.57. The van der Waals surface area contributed by atoms with E-state index in [2.05, 4.69) is 30.1 Å². The van der Waals surface area contributed by atoms with Crippen molar-refractivity contribution in [3.8, 4) is 5.75 Å². The molecule has 1 N–H and O–H groups in total. The first-order chi connectivity index (χ1) is 11.8. The van der Waals surface area contributed by atoms with E-state index in [0.29, 0.717) is 0 Å². The highest BCUT2D eigenvalue weighted by Gasteiger charge is 2.15. The summed E-state index contributed by atoms with van der Waals surface area (Å²) >= 11 is 0. The number of nitrogens with one attached hydrogen (secondary N) is 1. The van der Waals surface area contributed by atoms with Crippen LogP contribution in [0.5, 0.6) is 5.75 Å². The van der Waals surface area contributed by atoms with E-state index in [1.54, 1.807) is 7.11 Å². The Morgan fingerprint density at radius 3 is 2.58 bits per heavy atom. The summed E-state index contributed by atoms with van der Waals surface area (Å²) < 4.78 is 11.5. The monoisotopic (exact) mass is 326 g/mol. The molecule has 0 aliphatic rings. The molecule has 0 amide bonds. The second-order valence-electron chi connectivity index (χ2n) is 5.92. The molecule has 0 unspecified atom stereocenters. The van der Waals surface area contributed by atoms with Crippen LogP contribution in [-0.2, 0) is 0 Å². The number of hydrogen-bond donors (Lipinski definition) is 1. The smallest absolute Gasteiger partial charge is 0.142 e. The molecule has 0 fully saturated rings. The van der Waals surface area contributed by atoms with Gasteiger partial charge in [-0.2, -0.15) is 0 Å². The molecule has 4 heteroatoms. The summed E-state index contributed by atoms with van der Waals surface area (Å²) in [7, 11) is 1.71. The van der Waals surface area contributed by atoms with Gasteiger partial charge in [-0.3, -0.25) is 0 Å². The zero-order valence-electron chi connectivity index (χ0n) is 14.8. The Balaban J connectivity index is 1.87. The van der Waals surface area contributed by atoms with Crippen LogP contribution in [0, 0.1) is 0 Å². The van der Waals surface area contributed by atoms with Gasteiger partial charge in [-0.05, 0) is 44.3 Å². The minimum atomic E-state index is 0.858. The van der Waals surface area contributed by atoms with Gasteiger partial charge in [0.25, 0.3) is 0 Å². The van der Waals surface area contributed by atoms with Crippen LogP contribution in [0.15, 0.2) is 40.8 Å². The first kappa shape index (κ1) is 16.7. The van der Waals surface area contributed by atoms with Gasteiger partial charge in [-0.15, -0.1) is 0 Å². The highest BCUT2D eigenvalue weighted by atomic mass is 16.5. The maximum atomic E-state index is 5.97.